The van der Waals surface area contributed by atoms with E-state index in [9.17, 15) is 19.2 Å². The molecule has 2 aromatic rings. The molecule has 2 aromatic carbocycles. The Kier molecular flexibility index (Phi) is 12.0. The Morgan fingerprint density at radius 1 is 0.545 bits per heavy atom. The predicted octanol–water partition coefficient (Wildman–Crippen LogP) is 4.04. The van der Waals surface area contributed by atoms with Crippen LogP contribution in [0, 0.1) is 0 Å². The molecule has 2 N–H and O–H groups in total. The zero-order chi connectivity index (χ0) is 23.7. The van der Waals surface area contributed by atoms with Crippen molar-refractivity contribution in [2.24, 2.45) is 0 Å². The van der Waals surface area contributed by atoms with Crippen molar-refractivity contribution in [1.29, 1.82) is 0 Å². The molecule has 0 unspecified atom stereocenters. The molecule has 0 aliphatic heterocycles. The fourth-order valence-electron chi connectivity index (χ4n) is 3.16. The van der Waals surface area contributed by atoms with Crippen molar-refractivity contribution in [3.05, 3.63) is 71.8 Å². The Labute approximate surface area is 194 Å². The van der Waals surface area contributed by atoms with E-state index in [-0.39, 0.29) is 24.7 Å². The van der Waals surface area contributed by atoms with Gasteiger partial charge in [0.25, 0.3) is 11.8 Å². The lowest BCUT2D eigenvalue weighted by molar-refractivity contribution is -0.159. The number of nitrogens with one attached hydrogen (secondary N) is 2. The molecule has 0 bridgehead atoms. The standard InChI is InChI=1S/C26H32N2O5/c29-23(17-9-3-11-19-27-25(31)21-13-5-1-6-14-21)33-24(30)18-10-4-12-20-28-26(32)22-15-7-2-8-16-22/h1-2,5-8,13-16H,3-4,9-12,17-20H2,(H,27,31)(H,28,32). The molecule has 0 spiro atoms. The van der Waals surface area contributed by atoms with E-state index in [1.54, 1.807) is 24.3 Å². The summed E-state index contributed by atoms with van der Waals surface area (Å²) in [5.41, 5.74) is 1.24. The predicted molar refractivity (Wildman–Crippen MR) is 126 cm³/mol. The molecule has 2 rings (SSSR count). The normalized spacial score (nSPS) is 10.3. The highest BCUT2D eigenvalue weighted by Crippen LogP contribution is 2.06. The van der Waals surface area contributed by atoms with Gasteiger partial charge in [0, 0.05) is 37.1 Å². The summed E-state index contributed by atoms with van der Waals surface area (Å²) in [6.07, 6.45) is 4.60. The second kappa shape index (κ2) is 15.3. The number of benzene rings is 2. The molecule has 0 aromatic heterocycles. The summed E-state index contributed by atoms with van der Waals surface area (Å²) in [4.78, 5) is 47.3. The molecule has 33 heavy (non-hydrogen) atoms. The third-order valence-corrected chi connectivity index (χ3v) is 4.99. The highest BCUT2D eigenvalue weighted by molar-refractivity contribution is 5.94. The number of hydrogen-bond donors (Lipinski definition) is 2. The van der Waals surface area contributed by atoms with Crippen LogP contribution < -0.4 is 10.6 Å². The van der Waals surface area contributed by atoms with Crippen LogP contribution in [0.15, 0.2) is 60.7 Å². The minimum absolute atomic E-state index is 0.112. The van der Waals surface area contributed by atoms with Gasteiger partial charge < -0.3 is 15.4 Å². The summed E-state index contributed by atoms with van der Waals surface area (Å²) in [7, 11) is 0. The van der Waals surface area contributed by atoms with Crippen LogP contribution in [0.1, 0.15) is 72.1 Å². The SMILES string of the molecule is O=C(CCCCCNC(=O)c1ccccc1)OC(=O)CCCCCNC(=O)c1ccccc1. The monoisotopic (exact) mass is 452 g/mol. The van der Waals surface area contributed by atoms with Gasteiger partial charge in [-0.1, -0.05) is 49.2 Å². The van der Waals surface area contributed by atoms with Crippen LogP contribution in [0.3, 0.4) is 0 Å². The first-order chi connectivity index (χ1) is 16.1. The van der Waals surface area contributed by atoms with Gasteiger partial charge in [0.1, 0.15) is 0 Å². The average Bonchev–Trinajstić information content (AvgIpc) is 2.84. The molecular weight excluding hydrogens is 420 g/mol. The van der Waals surface area contributed by atoms with Gasteiger partial charge in [-0.15, -0.1) is 0 Å². The van der Waals surface area contributed by atoms with E-state index in [2.05, 4.69) is 10.6 Å². The summed E-state index contributed by atoms with van der Waals surface area (Å²) in [6.45, 7) is 1.07. The molecule has 0 aliphatic carbocycles. The quantitative estimate of drug-likeness (QED) is 0.256. The fourth-order valence-corrected chi connectivity index (χ4v) is 3.16. The van der Waals surface area contributed by atoms with Gasteiger partial charge >= 0.3 is 11.9 Å². The van der Waals surface area contributed by atoms with Crippen LogP contribution in [-0.2, 0) is 14.3 Å². The van der Waals surface area contributed by atoms with Gasteiger partial charge in [0.15, 0.2) is 0 Å². The lowest BCUT2D eigenvalue weighted by Gasteiger charge is -2.06. The molecule has 0 atom stereocenters. The molecule has 7 nitrogen and oxygen atoms in total. The van der Waals surface area contributed by atoms with Gasteiger partial charge in [0.05, 0.1) is 0 Å². The summed E-state index contributed by atoms with van der Waals surface area (Å²) >= 11 is 0. The Morgan fingerprint density at radius 2 is 0.939 bits per heavy atom. The van der Waals surface area contributed by atoms with Crippen molar-refractivity contribution < 1.29 is 23.9 Å². The van der Waals surface area contributed by atoms with E-state index < -0.39 is 11.9 Å². The summed E-state index contributed by atoms with van der Waals surface area (Å²) < 4.78 is 4.84. The largest absolute Gasteiger partial charge is 0.393 e. The summed E-state index contributed by atoms with van der Waals surface area (Å²) in [6, 6.07) is 18.0. The molecule has 0 heterocycles. The maximum Gasteiger partial charge on any atom is 0.313 e. The lowest BCUT2D eigenvalue weighted by Crippen LogP contribution is -2.24. The zero-order valence-electron chi connectivity index (χ0n) is 18.9. The molecule has 176 valence electrons. The molecule has 0 saturated heterocycles. The van der Waals surface area contributed by atoms with Gasteiger partial charge in [-0.25, -0.2) is 0 Å². The first kappa shape index (κ1) is 25.8. The number of rotatable bonds is 14. The van der Waals surface area contributed by atoms with E-state index in [0.717, 1.165) is 25.7 Å². The Bertz CT molecular complexity index is 811. The number of esters is 2. The van der Waals surface area contributed by atoms with E-state index >= 15 is 0 Å². The van der Waals surface area contributed by atoms with Gasteiger partial charge in [-0.2, -0.15) is 0 Å². The summed E-state index contributed by atoms with van der Waals surface area (Å²) in [5, 5.41) is 5.68. The minimum atomic E-state index is -0.511. The molecular formula is C26H32N2O5. The molecule has 7 heteroatoms. The van der Waals surface area contributed by atoms with E-state index in [0.29, 0.717) is 37.1 Å². The van der Waals surface area contributed by atoms with Crippen LogP contribution in [0.4, 0.5) is 0 Å². The number of ether oxygens (including phenoxy) is 1. The van der Waals surface area contributed by atoms with Crippen molar-refractivity contribution >= 4 is 23.8 Å². The average molecular weight is 453 g/mol. The van der Waals surface area contributed by atoms with Gasteiger partial charge in [-0.05, 0) is 49.9 Å². The maximum atomic E-state index is 11.9. The highest BCUT2D eigenvalue weighted by atomic mass is 16.6. The minimum Gasteiger partial charge on any atom is -0.393 e. The Morgan fingerprint density at radius 3 is 1.33 bits per heavy atom. The second-order valence-corrected chi connectivity index (χ2v) is 7.71. The number of hydrogen-bond acceptors (Lipinski definition) is 5. The Balaban J connectivity index is 1.42. The van der Waals surface area contributed by atoms with Crippen molar-refractivity contribution in [2.45, 2.75) is 51.4 Å². The van der Waals surface area contributed by atoms with Crippen molar-refractivity contribution in [3.8, 4) is 0 Å². The fraction of sp³-hybridized carbons (Fsp3) is 0.385. The Hall–Kier alpha value is -3.48. The van der Waals surface area contributed by atoms with Crippen molar-refractivity contribution in [1.82, 2.24) is 10.6 Å². The summed E-state index contributed by atoms with van der Waals surface area (Å²) in [5.74, 6) is -1.25. The third-order valence-electron chi connectivity index (χ3n) is 4.99. The first-order valence-electron chi connectivity index (χ1n) is 11.5. The molecule has 0 radical (unpaired) electrons. The molecule has 0 fully saturated rings. The number of amides is 2. The van der Waals surface area contributed by atoms with Gasteiger partial charge in [-0.3, -0.25) is 19.2 Å². The van der Waals surface area contributed by atoms with Crippen LogP contribution in [0.25, 0.3) is 0 Å². The molecule has 0 saturated carbocycles. The van der Waals surface area contributed by atoms with Crippen LogP contribution in [0.5, 0.6) is 0 Å². The van der Waals surface area contributed by atoms with Crippen LogP contribution in [0.2, 0.25) is 0 Å². The highest BCUT2D eigenvalue weighted by Gasteiger charge is 2.10. The number of carbonyl (C=O) groups is 4. The second-order valence-electron chi connectivity index (χ2n) is 7.71. The van der Waals surface area contributed by atoms with E-state index in [1.807, 2.05) is 36.4 Å². The van der Waals surface area contributed by atoms with E-state index in [1.165, 1.54) is 0 Å². The van der Waals surface area contributed by atoms with Gasteiger partial charge in [0.2, 0.25) is 0 Å². The number of carbonyl (C=O) groups excluding carboxylic acids is 4. The number of unbranched alkanes of at least 4 members (excludes halogenated alkanes) is 4. The van der Waals surface area contributed by atoms with Crippen molar-refractivity contribution in [2.75, 3.05) is 13.1 Å². The zero-order valence-corrected chi connectivity index (χ0v) is 18.9. The smallest absolute Gasteiger partial charge is 0.313 e. The first-order valence-corrected chi connectivity index (χ1v) is 11.5. The molecule has 0 aliphatic rings. The maximum absolute atomic E-state index is 11.9. The van der Waals surface area contributed by atoms with Crippen LogP contribution >= 0.6 is 0 Å². The third kappa shape index (κ3) is 11.1. The molecule has 2 amide bonds. The lowest BCUT2D eigenvalue weighted by atomic mass is 10.1. The van der Waals surface area contributed by atoms with Crippen LogP contribution in [-0.4, -0.2) is 36.8 Å². The topological polar surface area (TPSA) is 102 Å². The van der Waals surface area contributed by atoms with Crippen molar-refractivity contribution in [3.63, 3.8) is 0 Å². The van der Waals surface area contributed by atoms with E-state index in [4.69, 9.17) is 4.74 Å².